The van der Waals surface area contributed by atoms with Crippen molar-refractivity contribution in [1.82, 2.24) is 34.7 Å². The summed E-state index contributed by atoms with van der Waals surface area (Å²) < 4.78 is 66.8. The van der Waals surface area contributed by atoms with E-state index < -0.39 is 35.1 Å². The van der Waals surface area contributed by atoms with Crippen LogP contribution in [-0.4, -0.2) is 98.2 Å². The minimum atomic E-state index is -0.962. The Bertz CT molecular complexity index is 2110. The molecule has 0 bridgehead atoms. The zero-order chi connectivity index (χ0) is 33.9. The predicted molar refractivity (Wildman–Crippen MR) is 179 cm³/mol. The number of alkyl halides is 1. The van der Waals surface area contributed by atoms with E-state index in [0.717, 1.165) is 36.8 Å². The molecule has 17 heteroatoms. The first-order valence-corrected chi connectivity index (χ1v) is 17.4. The lowest BCUT2D eigenvalue weighted by Crippen LogP contribution is -2.49. The van der Waals surface area contributed by atoms with Crippen molar-refractivity contribution in [1.29, 1.82) is 0 Å². The molecule has 11 nitrogen and oxygen atoms in total. The number of anilines is 2. The normalized spacial score (nSPS) is 21.6. The van der Waals surface area contributed by atoms with Crippen molar-refractivity contribution in [2.45, 2.75) is 31.0 Å². The highest BCUT2D eigenvalue weighted by Gasteiger charge is 2.49. The van der Waals surface area contributed by atoms with Crippen molar-refractivity contribution >= 4 is 66.7 Å². The molecular weight excluding hydrogens is 683 g/mol. The summed E-state index contributed by atoms with van der Waals surface area (Å²) in [4.78, 5) is 40.0. The second kappa shape index (κ2) is 12.4. The number of carbonyl (C=O) groups excluding carboxylic acids is 1. The first kappa shape index (κ1) is 31.8. The van der Waals surface area contributed by atoms with Crippen LogP contribution in [0.15, 0.2) is 35.7 Å². The number of hydrogen-bond donors (Lipinski definition) is 1. The average Bonchev–Trinajstić information content (AvgIpc) is 3.89. The molecule has 3 aliphatic rings. The summed E-state index contributed by atoms with van der Waals surface area (Å²) in [6.07, 6.45) is 5.13. The number of amides is 1. The van der Waals surface area contributed by atoms with Gasteiger partial charge in [-0.3, -0.25) is 14.7 Å². The Morgan fingerprint density at radius 2 is 1.94 bits per heavy atom. The molecule has 0 spiro atoms. The molecule has 0 saturated carbocycles. The second-order valence-corrected chi connectivity index (χ2v) is 14.3. The standard InChI is InChI=1S/C32H29F4N9O2S2/c33-17-13-32(4-1-6-45(32)15-17)16-47-31-41-25-19(14-39-24(23(25)36)18-2-3-20(34)27-26(18)40-30(37)49-27)28(42-31)43-7-9-44(10-8-43)29(46)21(35)12-22-38-5-11-48-22/h2-3,5,11-12,14,17H,1,4,6-10,13,15-16H2,(H2,37,40)/b21-12-/t17-,32+/m1/s1. The van der Waals surface area contributed by atoms with Gasteiger partial charge in [-0.25, -0.2) is 27.5 Å². The van der Waals surface area contributed by atoms with E-state index in [4.69, 9.17) is 10.5 Å². The topological polar surface area (TPSA) is 126 Å². The number of ether oxygens (including phenoxy) is 1. The maximum Gasteiger partial charge on any atom is 0.319 e. The first-order valence-electron chi connectivity index (χ1n) is 15.7. The highest BCUT2D eigenvalue weighted by molar-refractivity contribution is 7.22. The van der Waals surface area contributed by atoms with E-state index in [-0.39, 0.29) is 76.3 Å². The van der Waals surface area contributed by atoms with Gasteiger partial charge in [0.15, 0.2) is 16.8 Å². The van der Waals surface area contributed by atoms with E-state index in [9.17, 15) is 18.0 Å². The van der Waals surface area contributed by atoms with E-state index >= 15 is 4.39 Å². The maximum atomic E-state index is 16.6. The Kier molecular flexibility index (Phi) is 8.07. The molecular formula is C32H29F4N9O2S2. The summed E-state index contributed by atoms with van der Waals surface area (Å²) in [6, 6.07) is 2.51. The molecule has 2 atom stereocenters. The van der Waals surface area contributed by atoms with Crippen LogP contribution in [0.25, 0.3) is 38.5 Å². The molecule has 254 valence electrons. The lowest BCUT2D eigenvalue weighted by molar-refractivity contribution is -0.128. The number of benzene rings is 1. The Morgan fingerprint density at radius 1 is 1.10 bits per heavy atom. The first-order chi connectivity index (χ1) is 23.7. The maximum absolute atomic E-state index is 16.6. The zero-order valence-corrected chi connectivity index (χ0v) is 27.5. The smallest absolute Gasteiger partial charge is 0.319 e. The van der Waals surface area contributed by atoms with Crippen LogP contribution in [0.1, 0.15) is 24.3 Å². The monoisotopic (exact) mass is 711 g/mol. The van der Waals surface area contributed by atoms with Crippen LogP contribution in [0.3, 0.4) is 0 Å². The molecule has 0 aliphatic carbocycles. The molecule has 3 fully saturated rings. The van der Waals surface area contributed by atoms with Gasteiger partial charge < -0.3 is 20.3 Å². The Morgan fingerprint density at radius 3 is 2.73 bits per heavy atom. The Hall–Kier alpha value is -4.48. The number of rotatable bonds is 7. The molecule has 7 heterocycles. The van der Waals surface area contributed by atoms with E-state index in [2.05, 4.69) is 29.8 Å². The number of fused-ring (bicyclic) bond motifs is 3. The van der Waals surface area contributed by atoms with Crippen molar-refractivity contribution in [2.75, 3.05) is 56.5 Å². The largest absolute Gasteiger partial charge is 0.461 e. The van der Waals surface area contributed by atoms with Gasteiger partial charge in [-0.05, 0) is 31.5 Å². The summed E-state index contributed by atoms with van der Waals surface area (Å²) in [5.74, 6) is -2.67. The highest BCUT2D eigenvalue weighted by atomic mass is 32.1. The molecule has 3 saturated heterocycles. The van der Waals surface area contributed by atoms with Crippen LogP contribution in [0, 0.1) is 11.6 Å². The average molecular weight is 712 g/mol. The summed E-state index contributed by atoms with van der Waals surface area (Å²) in [7, 11) is 0. The number of halogens is 4. The summed E-state index contributed by atoms with van der Waals surface area (Å²) in [5, 5.41) is 2.49. The number of nitrogens with two attached hydrogens (primary N) is 1. The van der Waals surface area contributed by atoms with Gasteiger partial charge in [-0.2, -0.15) is 9.97 Å². The fourth-order valence-corrected chi connectivity index (χ4v) is 8.41. The molecule has 4 aromatic heterocycles. The lowest BCUT2D eigenvalue weighted by atomic mass is 9.95. The molecule has 5 aromatic rings. The van der Waals surface area contributed by atoms with Crippen LogP contribution < -0.4 is 15.4 Å². The van der Waals surface area contributed by atoms with Gasteiger partial charge in [0, 0.05) is 68.6 Å². The van der Waals surface area contributed by atoms with Crippen LogP contribution in [0.2, 0.25) is 0 Å². The number of nitrogen functional groups attached to an aromatic ring is 1. The summed E-state index contributed by atoms with van der Waals surface area (Å²) in [6.45, 7) is 2.08. The van der Waals surface area contributed by atoms with Gasteiger partial charge in [0.05, 0.1) is 21.1 Å². The molecule has 0 radical (unpaired) electrons. The van der Waals surface area contributed by atoms with Crippen LogP contribution in [0.5, 0.6) is 6.01 Å². The van der Waals surface area contributed by atoms with Gasteiger partial charge in [0.25, 0.3) is 5.91 Å². The molecule has 1 aromatic carbocycles. The molecule has 8 rings (SSSR count). The fourth-order valence-electron chi connectivity index (χ4n) is 7.09. The van der Waals surface area contributed by atoms with Crippen LogP contribution >= 0.6 is 22.7 Å². The van der Waals surface area contributed by atoms with E-state index in [1.807, 2.05) is 4.90 Å². The quantitative estimate of drug-likeness (QED) is 0.177. The van der Waals surface area contributed by atoms with Gasteiger partial charge in [-0.1, -0.05) is 11.3 Å². The van der Waals surface area contributed by atoms with Crippen molar-refractivity contribution in [3.8, 4) is 17.3 Å². The molecule has 1 amide bonds. The number of piperazine rings is 1. The van der Waals surface area contributed by atoms with Crippen molar-refractivity contribution in [3.63, 3.8) is 0 Å². The van der Waals surface area contributed by atoms with Gasteiger partial charge in [0.2, 0.25) is 0 Å². The number of thiazole rings is 2. The zero-order valence-electron chi connectivity index (χ0n) is 25.9. The summed E-state index contributed by atoms with van der Waals surface area (Å²) >= 11 is 2.17. The third kappa shape index (κ3) is 5.72. The Labute approximate surface area is 285 Å². The second-order valence-electron chi connectivity index (χ2n) is 12.3. The lowest BCUT2D eigenvalue weighted by Gasteiger charge is -2.35. The van der Waals surface area contributed by atoms with Crippen molar-refractivity contribution in [3.05, 3.63) is 52.4 Å². The minimum absolute atomic E-state index is 0.0859. The van der Waals surface area contributed by atoms with Gasteiger partial charge in [0.1, 0.15) is 40.6 Å². The molecule has 0 unspecified atom stereocenters. The number of nitrogens with zero attached hydrogens (tertiary/aromatic N) is 8. The molecule has 3 aliphatic heterocycles. The van der Waals surface area contributed by atoms with Gasteiger partial charge in [-0.15, -0.1) is 11.3 Å². The van der Waals surface area contributed by atoms with Crippen LogP contribution in [-0.2, 0) is 4.79 Å². The fraction of sp³-hybridized carbons (Fsp3) is 0.375. The number of carbonyl (C=O) groups is 1. The molecule has 49 heavy (non-hydrogen) atoms. The molecule has 2 N–H and O–H groups in total. The SMILES string of the molecule is Nc1nc2c(-c3ncc4c(N5CCN(C(=O)/C(F)=C/c6nccs6)CC5)nc(OC[C@@]56CCCN5C[C@H](F)C6)nc4c3F)ccc(F)c2s1. The number of hydrogen-bond acceptors (Lipinski definition) is 12. The van der Waals surface area contributed by atoms with Crippen molar-refractivity contribution in [2.24, 2.45) is 0 Å². The van der Waals surface area contributed by atoms with E-state index in [1.54, 1.807) is 5.38 Å². The third-order valence-electron chi connectivity index (χ3n) is 9.41. The van der Waals surface area contributed by atoms with Gasteiger partial charge >= 0.3 is 6.01 Å². The summed E-state index contributed by atoms with van der Waals surface area (Å²) in [5.41, 5.74) is 5.61. The van der Waals surface area contributed by atoms with E-state index in [0.29, 0.717) is 23.8 Å². The van der Waals surface area contributed by atoms with Crippen molar-refractivity contribution < 1.29 is 27.1 Å². The Balaban J connectivity index is 1.14. The highest BCUT2D eigenvalue weighted by Crippen LogP contribution is 2.41. The minimum Gasteiger partial charge on any atom is -0.461 e. The predicted octanol–water partition coefficient (Wildman–Crippen LogP) is 5.23. The number of pyridine rings is 1. The van der Waals surface area contributed by atoms with Crippen LogP contribution in [0.4, 0.5) is 28.5 Å². The number of aromatic nitrogens is 5. The van der Waals surface area contributed by atoms with E-state index in [1.165, 1.54) is 40.8 Å². The third-order valence-corrected chi connectivity index (χ3v) is 11.0.